The lowest BCUT2D eigenvalue weighted by Crippen LogP contribution is -2.39. The van der Waals surface area contributed by atoms with Crippen LogP contribution in [0.1, 0.15) is 12.5 Å². The van der Waals surface area contributed by atoms with Crippen molar-refractivity contribution in [1.82, 2.24) is 4.90 Å². The summed E-state index contributed by atoms with van der Waals surface area (Å²) in [5.74, 6) is 0.699. The quantitative estimate of drug-likeness (QED) is 0.345. The van der Waals surface area contributed by atoms with Gasteiger partial charge >= 0.3 is 0 Å². The lowest BCUT2D eigenvalue weighted by atomic mass is 10.1. The molecular weight excluding hydrogens is 246 g/mol. The third-order valence-electron chi connectivity index (χ3n) is 2.73. The number of hydrogen-bond donors (Lipinski definition) is 2. The van der Waals surface area contributed by atoms with Crippen molar-refractivity contribution >= 4 is 11.7 Å². The summed E-state index contributed by atoms with van der Waals surface area (Å²) >= 11 is 0. The summed E-state index contributed by atoms with van der Waals surface area (Å²) in [4.78, 5) is 13.6. The Balaban J connectivity index is 2.65. The van der Waals surface area contributed by atoms with Gasteiger partial charge in [0.2, 0.25) is 5.91 Å². The second-order valence-corrected chi connectivity index (χ2v) is 4.02. The zero-order valence-corrected chi connectivity index (χ0v) is 11.2. The molecule has 0 fully saturated rings. The molecule has 6 nitrogen and oxygen atoms in total. The molecule has 0 heterocycles. The molecular formula is C13H19N3O3. The lowest BCUT2D eigenvalue weighted by molar-refractivity contribution is -0.129. The largest absolute Gasteiger partial charge is 0.497 e. The van der Waals surface area contributed by atoms with Crippen molar-refractivity contribution in [2.24, 2.45) is 10.9 Å². The lowest BCUT2D eigenvalue weighted by Gasteiger charge is -2.20. The number of carbonyl (C=O) groups excluding carboxylic acids is 1. The maximum absolute atomic E-state index is 12.1. The first-order valence-corrected chi connectivity index (χ1v) is 5.97. The van der Waals surface area contributed by atoms with Crippen LogP contribution in [0.2, 0.25) is 0 Å². The van der Waals surface area contributed by atoms with Crippen molar-refractivity contribution < 1.29 is 14.7 Å². The molecule has 0 saturated carbocycles. The van der Waals surface area contributed by atoms with Crippen molar-refractivity contribution in [3.8, 4) is 5.75 Å². The van der Waals surface area contributed by atoms with Gasteiger partial charge in [0.15, 0.2) is 5.84 Å². The highest BCUT2D eigenvalue weighted by atomic mass is 16.5. The average molecular weight is 265 g/mol. The van der Waals surface area contributed by atoms with E-state index >= 15 is 0 Å². The fourth-order valence-electron chi connectivity index (χ4n) is 1.63. The molecule has 0 aliphatic heterocycles. The van der Waals surface area contributed by atoms with Crippen LogP contribution in [0.25, 0.3) is 0 Å². The van der Waals surface area contributed by atoms with Crippen LogP contribution in [-0.4, -0.2) is 42.0 Å². The van der Waals surface area contributed by atoms with Crippen molar-refractivity contribution in [3.63, 3.8) is 0 Å². The Bertz CT molecular complexity index is 443. The van der Waals surface area contributed by atoms with Gasteiger partial charge in [-0.15, -0.1) is 0 Å². The van der Waals surface area contributed by atoms with Crippen LogP contribution in [0, 0.1) is 0 Å². The summed E-state index contributed by atoms with van der Waals surface area (Å²) in [6, 6.07) is 7.30. The smallest absolute Gasteiger partial charge is 0.227 e. The third-order valence-corrected chi connectivity index (χ3v) is 2.73. The van der Waals surface area contributed by atoms with E-state index < -0.39 is 0 Å². The number of methoxy groups -OCH3 is 1. The Morgan fingerprint density at radius 3 is 2.53 bits per heavy atom. The second kappa shape index (κ2) is 7.25. The van der Waals surface area contributed by atoms with Gasteiger partial charge in [0.25, 0.3) is 0 Å². The van der Waals surface area contributed by atoms with Gasteiger partial charge in [-0.2, -0.15) is 0 Å². The van der Waals surface area contributed by atoms with Gasteiger partial charge in [-0.3, -0.25) is 4.79 Å². The van der Waals surface area contributed by atoms with E-state index in [0.717, 1.165) is 11.3 Å². The fourth-order valence-corrected chi connectivity index (χ4v) is 1.63. The minimum atomic E-state index is -0.0701. The normalized spacial score (nSPS) is 11.2. The minimum Gasteiger partial charge on any atom is -0.497 e. The molecule has 19 heavy (non-hydrogen) atoms. The summed E-state index contributed by atoms with van der Waals surface area (Å²) in [7, 11) is 1.59. The Kier molecular flexibility index (Phi) is 5.66. The van der Waals surface area contributed by atoms with Crippen LogP contribution in [0.15, 0.2) is 29.4 Å². The van der Waals surface area contributed by atoms with Gasteiger partial charge in [0.1, 0.15) is 5.75 Å². The summed E-state index contributed by atoms with van der Waals surface area (Å²) < 4.78 is 5.05. The number of amidine groups is 1. The van der Waals surface area contributed by atoms with Gasteiger partial charge in [-0.25, -0.2) is 0 Å². The molecule has 104 valence electrons. The highest BCUT2D eigenvalue weighted by Crippen LogP contribution is 2.12. The molecule has 0 atom stereocenters. The number of ether oxygens (including phenoxy) is 1. The molecule has 0 aliphatic rings. The Morgan fingerprint density at radius 1 is 1.42 bits per heavy atom. The first kappa shape index (κ1) is 14.8. The predicted molar refractivity (Wildman–Crippen MR) is 72.4 cm³/mol. The van der Waals surface area contributed by atoms with E-state index in [-0.39, 0.29) is 24.7 Å². The predicted octanol–water partition coefficient (Wildman–Crippen LogP) is 0.833. The standard InChI is InChI=1S/C13H19N3O3/c1-3-16(9-12(14)15-18)13(17)8-10-4-6-11(19-2)7-5-10/h4-7,18H,3,8-9H2,1-2H3,(H2,14,15). The molecule has 0 unspecified atom stereocenters. The molecule has 1 rings (SSSR count). The molecule has 0 radical (unpaired) electrons. The number of benzene rings is 1. The van der Waals surface area contributed by atoms with Crippen LogP contribution in [0.4, 0.5) is 0 Å². The molecule has 1 aromatic rings. The number of hydrogen-bond acceptors (Lipinski definition) is 4. The number of likely N-dealkylation sites (N-methyl/N-ethyl adjacent to an activating group) is 1. The van der Waals surface area contributed by atoms with Gasteiger partial charge < -0.3 is 20.6 Å². The highest BCUT2D eigenvalue weighted by Gasteiger charge is 2.13. The average Bonchev–Trinajstić information content (AvgIpc) is 2.45. The van der Waals surface area contributed by atoms with E-state index in [1.54, 1.807) is 7.11 Å². The van der Waals surface area contributed by atoms with Crippen molar-refractivity contribution in [2.45, 2.75) is 13.3 Å². The topological polar surface area (TPSA) is 88.1 Å². The highest BCUT2D eigenvalue weighted by molar-refractivity contribution is 5.87. The Labute approximate surface area is 112 Å². The number of rotatable bonds is 6. The van der Waals surface area contributed by atoms with Crippen LogP contribution in [0.3, 0.4) is 0 Å². The van der Waals surface area contributed by atoms with Crippen LogP contribution in [-0.2, 0) is 11.2 Å². The Morgan fingerprint density at radius 2 is 2.05 bits per heavy atom. The molecule has 1 aromatic carbocycles. The Hall–Kier alpha value is -2.24. The van der Waals surface area contributed by atoms with E-state index in [4.69, 9.17) is 15.7 Å². The monoisotopic (exact) mass is 265 g/mol. The van der Waals surface area contributed by atoms with Crippen LogP contribution in [0.5, 0.6) is 5.75 Å². The first-order valence-electron chi connectivity index (χ1n) is 5.97. The van der Waals surface area contributed by atoms with Gasteiger partial charge in [0.05, 0.1) is 20.1 Å². The van der Waals surface area contributed by atoms with E-state index in [0.29, 0.717) is 6.54 Å². The van der Waals surface area contributed by atoms with Crippen LogP contribution >= 0.6 is 0 Å². The van der Waals surface area contributed by atoms with E-state index in [9.17, 15) is 4.79 Å². The first-order chi connectivity index (χ1) is 9.10. The third kappa shape index (κ3) is 4.50. The zero-order chi connectivity index (χ0) is 14.3. The number of nitrogens with two attached hydrogens (primary N) is 1. The number of nitrogens with zero attached hydrogens (tertiary/aromatic N) is 2. The minimum absolute atomic E-state index is 0.0185. The molecule has 6 heteroatoms. The number of amides is 1. The second-order valence-electron chi connectivity index (χ2n) is 4.02. The summed E-state index contributed by atoms with van der Waals surface area (Å²) in [6.45, 7) is 2.48. The zero-order valence-electron chi connectivity index (χ0n) is 11.2. The van der Waals surface area contributed by atoms with E-state index in [1.807, 2.05) is 31.2 Å². The molecule has 0 spiro atoms. The maximum atomic E-state index is 12.1. The molecule has 0 bridgehead atoms. The molecule has 0 aromatic heterocycles. The molecule has 0 saturated heterocycles. The van der Waals surface area contributed by atoms with Crippen molar-refractivity contribution in [3.05, 3.63) is 29.8 Å². The summed E-state index contributed by atoms with van der Waals surface area (Å²) in [6.07, 6.45) is 0.274. The molecule has 1 amide bonds. The SMILES string of the molecule is CCN(CC(N)=NO)C(=O)Cc1ccc(OC)cc1. The van der Waals surface area contributed by atoms with Gasteiger partial charge in [-0.05, 0) is 24.6 Å². The molecule has 3 N–H and O–H groups in total. The van der Waals surface area contributed by atoms with Crippen molar-refractivity contribution in [1.29, 1.82) is 0 Å². The van der Waals surface area contributed by atoms with E-state index in [2.05, 4.69) is 5.16 Å². The summed E-state index contributed by atoms with van der Waals surface area (Å²) in [5, 5.41) is 11.4. The van der Waals surface area contributed by atoms with Gasteiger partial charge in [-0.1, -0.05) is 17.3 Å². The van der Waals surface area contributed by atoms with Crippen LogP contribution < -0.4 is 10.5 Å². The molecule has 0 aliphatic carbocycles. The number of carbonyl (C=O) groups is 1. The number of oxime groups is 1. The maximum Gasteiger partial charge on any atom is 0.227 e. The van der Waals surface area contributed by atoms with Crippen molar-refractivity contribution in [2.75, 3.05) is 20.2 Å². The van der Waals surface area contributed by atoms with E-state index in [1.165, 1.54) is 4.90 Å². The fraction of sp³-hybridized carbons (Fsp3) is 0.385. The summed E-state index contributed by atoms with van der Waals surface area (Å²) in [5.41, 5.74) is 6.30. The van der Waals surface area contributed by atoms with Gasteiger partial charge in [0, 0.05) is 6.54 Å².